The van der Waals surface area contributed by atoms with Crippen LogP contribution in [0.15, 0.2) is 30.3 Å². The molecule has 0 fully saturated rings. The van der Waals surface area contributed by atoms with Crippen LogP contribution in [-0.2, 0) is 6.42 Å². The standard InChI is InChI=1S/C13H10Cl3FN2/c14-10-7-11(15)13(19-12(10)16)18-6-5-8-1-3-9(17)4-2-8/h1-4,7H,5-6H2,(H,18,19). The molecule has 2 nitrogen and oxygen atoms in total. The van der Waals surface area contributed by atoms with Crippen molar-refractivity contribution in [2.45, 2.75) is 6.42 Å². The van der Waals surface area contributed by atoms with Gasteiger partial charge in [0.15, 0.2) is 0 Å². The summed E-state index contributed by atoms with van der Waals surface area (Å²) < 4.78 is 12.7. The Bertz CT molecular complexity index is 573. The van der Waals surface area contributed by atoms with E-state index in [1.165, 1.54) is 12.1 Å². The van der Waals surface area contributed by atoms with Gasteiger partial charge in [-0.3, -0.25) is 0 Å². The molecule has 0 atom stereocenters. The average Bonchev–Trinajstić information content (AvgIpc) is 2.38. The summed E-state index contributed by atoms with van der Waals surface area (Å²) in [6.07, 6.45) is 0.721. The van der Waals surface area contributed by atoms with Crippen molar-refractivity contribution in [1.82, 2.24) is 4.98 Å². The van der Waals surface area contributed by atoms with E-state index in [2.05, 4.69) is 10.3 Å². The fourth-order valence-corrected chi connectivity index (χ4v) is 2.11. The van der Waals surface area contributed by atoms with E-state index >= 15 is 0 Å². The van der Waals surface area contributed by atoms with Gasteiger partial charge in [0.1, 0.15) is 16.8 Å². The number of aromatic nitrogens is 1. The fourth-order valence-electron chi connectivity index (χ4n) is 1.54. The van der Waals surface area contributed by atoms with Gasteiger partial charge in [0.25, 0.3) is 0 Å². The first kappa shape index (κ1) is 14.4. The van der Waals surface area contributed by atoms with Gasteiger partial charge in [0.2, 0.25) is 0 Å². The highest BCUT2D eigenvalue weighted by Crippen LogP contribution is 2.28. The number of hydrogen-bond acceptors (Lipinski definition) is 2. The SMILES string of the molecule is Fc1ccc(CCNc2nc(Cl)c(Cl)cc2Cl)cc1. The van der Waals surface area contributed by atoms with Gasteiger partial charge < -0.3 is 5.32 Å². The van der Waals surface area contributed by atoms with E-state index in [1.54, 1.807) is 18.2 Å². The van der Waals surface area contributed by atoms with E-state index < -0.39 is 0 Å². The monoisotopic (exact) mass is 318 g/mol. The topological polar surface area (TPSA) is 24.9 Å². The van der Waals surface area contributed by atoms with Gasteiger partial charge in [-0.2, -0.15) is 0 Å². The molecule has 0 amide bonds. The van der Waals surface area contributed by atoms with E-state index in [0.29, 0.717) is 22.4 Å². The van der Waals surface area contributed by atoms with Crippen molar-refractivity contribution in [3.8, 4) is 0 Å². The Kier molecular flexibility index (Phi) is 4.86. The maximum absolute atomic E-state index is 12.7. The largest absolute Gasteiger partial charge is 0.368 e. The molecule has 1 aromatic heterocycles. The maximum Gasteiger partial charge on any atom is 0.150 e. The molecule has 100 valence electrons. The molecule has 0 aliphatic carbocycles. The number of rotatable bonds is 4. The minimum Gasteiger partial charge on any atom is -0.368 e. The van der Waals surface area contributed by atoms with Gasteiger partial charge >= 0.3 is 0 Å². The number of hydrogen-bond donors (Lipinski definition) is 1. The Morgan fingerprint density at radius 2 is 1.74 bits per heavy atom. The number of halogens is 4. The summed E-state index contributed by atoms with van der Waals surface area (Å²) in [6.45, 7) is 0.607. The van der Waals surface area contributed by atoms with Crippen LogP contribution in [0.3, 0.4) is 0 Å². The molecule has 0 bridgehead atoms. The van der Waals surface area contributed by atoms with Crippen molar-refractivity contribution < 1.29 is 4.39 Å². The molecule has 1 aromatic carbocycles. The normalized spacial score (nSPS) is 10.5. The number of nitrogens with one attached hydrogen (secondary N) is 1. The maximum atomic E-state index is 12.7. The van der Waals surface area contributed by atoms with E-state index in [0.717, 1.165) is 12.0 Å². The first-order valence-corrected chi connectivity index (χ1v) is 6.69. The minimum atomic E-state index is -0.245. The molecule has 1 heterocycles. The number of anilines is 1. The molecule has 0 unspecified atom stereocenters. The number of nitrogens with zero attached hydrogens (tertiary/aromatic N) is 1. The first-order chi connectivity index (χ1) is 9.06. The van der Waals surface area contributed by atoms with Crippen LogP contribution in [0.25, 0.3) is 0 Å². The summed E-state index contributed by atoms with van der Waals surface area (Å²) in [6, 6.07) is 7.87. The van der Waals surface area contributed by atoms with Crippen LogP contribution in [0.4, 0.5) is 10.2 Å². The van der Waals surface area contributed by atoms with Crippen LogP contribution in [0.2, 0.25) is 15.2 Å². The molecule has 2 aromatic rings. The van der Waals surface area contributed by atoms with Gasteiger partial charge in [-0.05, 0) is 30.2 Å². The van der Waals surface area contributed by atoms with Crippen LogP contribution in [0.5, 0.6) is 0 Å². The Morgan fingerprint density at radius 1 is 1.05 bits per heavy atom. The second-order valence-corrected chi connectivity index (χ2v) is 5.07. The molecular formula is C13H10Cl3FN2. The quantitative estimate of drug-likeness (QED) is 0.816. The Morgan fingerprint density at radius 3 is 2.42 bits per heavy atom. The lowest BCUT2D eigenvalue weighted by Crippen LogP contribution is -2.07. The van der Waals surface area contributed by atoms with Gasteiger partial charge in [-0.15, -0.1) is 0 Å². The van der Waals surface area contributed by atoms with Crippen molar-refractivity contribution >= 4 is 40.6 Å². The second kappa shape index (κ2) is 6.42. The molecule has 2 rings (SSSR count). The number of pyridine rings is 1. The summed E-state index contributed by atoms with van der Waals surface area (Å²) in [5.74, 6) is 0.240. The lowest BCUT2D eigenvalue weighted by atomic mass is 10.1. The van der Waals surface area contributed by atoms with Gasteiger partial charge in [-0.1, -0.05) is 46.9 Å². The summed E-state index contributed by atoms with van der Waals surface area (Å²) in [4.78, 5) is 4.05. The highest BCUT2D eigenvalue weighted by atomic mass is 35.5. The van der Waals surface area contributed by atoms with E-state index in [4.69, 9.17) is 34.8 Å². The molecular weight excluding hydrogens is 310 g/mol. The molecule has 0 saturated carbocycles. The molecule has 6 heteroatoms. The smallest absolute Gasteiger partial charge is 0.150 e. The average molecular weight is 320 g/mol. The first-order valence-electron chi connectivity index (χ1n) is 5.56. The molecule has 19 heavy (non-hydrogen) atoms. The lowest BCUT2D eigenvalue weighted by molar-refractivity contribution is 0.627. The predicted molar refractivity (Wildman–Crippen MR) is 77.9 cm³/mol. The van der Waals surface area contributed by atoms with E-state index in [-0.39, 0.29) is 11.0 Å². The van der Waals surface area contributed by atoms with E-state index in [9.17, 15) is 4.39 Å². The van der Waals surface area contributed by atoms with Crippen molar-refractivity contribution in [2.24, 2.45) is 0 Å². The van der Waals surface area contributed by atoms with Crippen molar-refractivity contribution in [1.29, 1.82) is 0 Å². The van der Waals surface area contributed by atoms with Crippen molar-refractivity contribution in [3.05, 3.63) is 56.9 Å². The zero-order valence-corrected chi connectivity index (χ0v) is 12.0. The third kappa shape index (κ3) is 3.96. The molecule has 0 radical (unpaired) electrons. The van der Waals surface area contributed by atoms with Crippen LogP contribution < -0.4 is 5.32 Å². The summed E-state index contributed by atoms with van der Waals surface area (Å²) in [7, 11) is 0. The second-order valence-electron chi connectivity index (χ2n) is 3.89. The highest BCUT2D eigenvalue weighted by Gasteiger charge is 2.07. The summed E-state index contributed by atoms with van der Waals surface area (Å²) >= 11 is 17.6. The Labute approximate surface area is 125 Å². The third-order valence-electron chi connectivity index (χ3n) is 2.51. The number of benzene rings is 1. The van der Waals surface area contributed by atoms with Crippen LogP contribution in [0, 0.1) is 5.82 Å². The Hall–Kier alpha value is -1.03. The molecule has 0 aliphatic rings. The van der Waals surface area contributed by atoms with Gasteiger partial charge in [-0.25, -0.2) is 9.37 Å². The van der Waals surface area contributed by atoms with Crippen LogP contribution in [0.1, 0.15) is 5.56 Å². The van der Waals surface area contributed by atoms with Crippen LogP contribution >= 0.6 is 34.8 Å². The fraction of sp³-hybridized carbons (Fsp3) is 0.154. The van der Waals surface area contributed by atoms with Crippen molar-refractivity contribution in [3.63, 3.8) is 0 Å². The summed E-state index contributed by atoms with van der Waals surface area (Å²) in [5, 5.41) is 3.99. The predicted octanol–water partition coefficient (Wildman–Crippen LogP) is 4.84. The zero-order chi connectivity index (χ0) is 13.8. The Balaban J connectivity index is 1.96. The third-order valence-corrected chi connectivity index (χ3v) is 3.47. The molecule has 1 N–H and O–H groups in total. The molecule has 0 aliphatic heterocycles. The van der Waals surface area contributed by atoms with E-state index in [1.807, 2.05) is 0 Å². The van der Waals surface area contributed by atoms with Gasteiger partial charge in [0, 0.05) is 6.54 Å². The van der Waals surface area contributed by atoms with Crippen LogP contribution in [-0.4, -0.2) is 11.5 Å². The molecule has 0 saturated heterocycles. The molecule has 0 spiro atoms. The van der Waals surface area contributed by atoms with Crippen molar-refractivity contribution in [2.75, 3.05) is 11.9 Å². The lowest BCUT2D eigenvalue weighted by Gasteiger charge is -2.08. The van der Waals surface area contributed by atoms with Gasteiger partial charge in [0.05, 0.1) is 10.0 Å². The summed E-state index contributed by atoms with van der Waals surface area (Å²) in [5.41, 5.74) is 1.02. The zero-order valence-electron chi connectivity index (χ0n) is 9.76. The highest BCUT2D eigenvalue weighted by molar-refractivity contribution is 6.42. The minimum absolute atomic E-state index is 0.204.